The van der Waals surface area contributed by atoms with E-state index >= 15 is 0 Å². The van der Waals surface area contributed by atoms with Crippen LogP contribution in [0, 0.1) is 0 Å². The maximum absolute atomic E-state index is 2.54. The molecular weight excluding hydrogens is 759 g/mol. The summed E-state index contributed by atoms with van der Waals surface area (Å²) in [7, 11) is 0. The lowest BCUT2D eigenvalue weighted by molar-refractivity contribution is 0.569. The summed E-state index contributed by atoms with van der Waals surface area (Å²) >= 11 is 0. The van der Waals surface area contributed by atoms with Gasteiger partial charge in [-0.05, 0) is 107 Å². The third-order valence-electron chi connectivity index (χ3n) is 12.7. The van der Waals surface area contributed by atoms with Crippen molar-refractivity contribution in [2.45, 2.75) is 105 Å². The van der Waals surface area contributed by atoms with Crippen LogP contribution in [-0.4, -0.2) is 0 Å². The summed E-state index contributed by atoms with van der Waals surface area (Å²) in [5.41, 5.74) is 18.4. The average molecular weight is 824 g/mol. The molecule has 8 aromatic rings. The topological polar surface area (TPSA) is 3.24 Å². The van der Waals surface area contributed by atoms with Gasteiger partial charge in [-0.2, -0.15) is 0 Å². The second-order valence-corrected chi connectivity index (χ2v) is 21.6. The standard InChI is InChI=1S/C62H65N/c1-59(2,3)46-34-32-43(33-35-46)50-26-16-18-30-55(50)63(57-37-36-47(60(4,5)6)41-54(57)42-22-14-13-15-23-42)56-31-19-17-27-52(56)53-29-21-25-44-24-20-28-51(58(44)53)45-38-48(61(7,8)9)40-49(39-45)62(10,11)12/h13-41H,1-12H3. The van der Waals surface area contributed by atoms with Crippen molar-refractivity contribution in [3.05, 3.63) is 198 Å². The van der Waals surface area contributed by atoms with Crippen molar-refractivity contribution in [3.63, 3.8) is 0 Å². The van der Waals surface area contributed by atoms with E-state index in [9.17, 15) is 0 Å². The molecule has 0 aliphatic carbocycles. The number of fused-ring (bicyclic) bond motifs is 1. The molecule has 0 heterocycles. The molecule has 318 valence electrons. The Hall–Kier alpha value is -6.18. The zero-order chi connectivity index (χ0) is 44.9. The van der Waals surface area contributed by atoms with Crippen LogP contribution in [0.3, 0.4) is 0 Å². The van der Waals surface area contributed by atoms with E-state index in [1.54, 1.807) is 0 Å². The smallest absolute Gasteiger partial charge is 0.0540 e. The van der Waals surface area contributed by atoms with Crippen molar-refractivity contribution < 1.29 is 0 Å². The van der Waals surface area contributed by atoms with Gasteiger partial charge in [0.2, 0.25) is 0 Å². The number of rotatable bonds is 7. The van der Waals surface area contributed by atoms with Crippen LogP contribution in [0.25, 0.3) is 55.3 Å². The molecule has 0 N–H and O–H groups in total. The molecule has 0 atom stereocenters. The first-order chi connectivity index (χ1) is 29.8. The first-order valence-corrected chi connectivity index (χ1v) is 22.8. The highest BCUT2D eigenvalue weighted by Gasteiger charge is 2.27. The van der Waals surface area contributed by atoms with Gasteiger partial charge in [0.15, 0.2) is 0 Å². The molecule has 0 aromatic heterocycles. The highest BCUT2D eigenvalue weighted by Crippen LogP contribution is 2.50. The van der Waals surface area contributed by atoms with E-state index in [1.165, 1.54) is 77.5 Å². The van der Waals surface area contributed by atoms with Gasteiger partial charge in [0.05, 0.1) is 17.1 Å². The first-order valence-electron chi connectivity index (χ1n) is 22.8. The maximum Gasteiger partial charge on any atom is 0.0540 e. The van der Waals surface area contributed by atoms with Crippen LogP contribution in [0.15, 0.2) is 176 Å². The number of para-hydroxylation sites is 2. The van der Waals surface area contributed by atoms with Gasteiger partial charge in [-0.1, -0.05) is 235 Å². The largest absolute Gasteiger partial charge is 0.309 e. The van der Waals surface area contributed by atoms with Gasteiger partial charge in [-0.25, -0.2) is 0 Å². The van der Waals surface area contributed by atoms with Crippen LogP contribution < -0.4 is 4.90 Å². The van der Waals surface area contributed by atoms with Crippen molar-refractivity contribution in [2.24, 2.45) is 0 Å². The summed E-state index contributed by atoms with van der Waals surface area (Å²) in [6, 6.07) is 66.2. The molecule has 0 bridgehead atoms. The van der Waals surface area contributed by atoms with Crippen LogP contribution in [0.5, 0.6) is 0 Å². The highest BCUT2D eigenvalue weighted by atomic mass is 15.1. The van der Waals surface area contributed by atoms with Crippen LogP contribution >= 0.6 is 0 Å². The fourth-order valence-electron chi connectivity index (χ4n) is 8.85. The summed E-state index contributed by atoms with van der Waals surface area (Å²) in [6.07, 6.45) is 0. The summed E-state index contributed by atoms with van der Waals surface area (Å²) < 4.78 is 0. The number of benzene rings is 8. The highest BCUT2D eigenvalue weighted by molar-refractivity contribution is 6.09. The third-order valence-corrected chi connectivity index (χ3v) is 12.7. The summed E-state index contributed by atoms with van der Waals surface area (Å²) in [5, 5.41) is 2.49. The number of hydrogen-bond acceptors (Lipinski definition) is 1. The molecule has 0 aliphatic heterocycles. The van der Waals surface area contributed by atoms with Crippen molar-refractivity contribution in [3.8, 4) is 44.5 Å². The Bertz CT molecular complexity index is 2860. The fourth-order valence-corrected chi connectivity index (χ4v) is 8.85. The molecular formula is C62H65N. The van der Waals surface area contributed by atoms with Crippen LogP contribution in [0.1, 0.15) is 105 Å². The van der Waals surface area contributed by atoms with Gasteiger partial charge in [0.25, 0.3) is 0 Å². The second-order valence-electron chi connectivity index (χ2n) is 21.6. The van der Waals surface area contributed by atoms with Crippen molar-refractivity contribution in [2.75, 3.05) is 4.90 Å². The predicted molar refractivity (Wildman–Crippen MR) is 275 cm³/mol. The van der Waals surface area contributed by atoms with Gasteiger partial charge >= 0.3 is 0 Å². The molecule has 0 radical (unpaired) electrons. The van der Waals surface area contributed by atoms with E-state index in [2.05, 4.69) is 264 Å². The van der Waals surface area contributed by atoms with Crippen molar-refractivity contribution >= 4 is 27.8 Å². The van der Waals surface area contributed by atoms with E-state index in [4.69, 9.17) is 0 Å². The maximum atomic E-state index is 2.54. The quantitative estimate of drug-likeness (QED) is 0.155. The van der Waals surface area contributed by atoms with Crippen LogP contribution in [0.4, 0.5) is 17.1 Å². The molecule has 8 aromatic carbocycles. The van der Waals surface area contributed by atoms with Gasteiger partial charge in [-0.15, -0.1) is 0 Å². The van der Waals surface area contributed by atoms with Crippen molar-refractivity contribution in [1.82, 2.24) is 0 Å². The molecule has 63 heavy (non-hydrogen) atoms. The molecule has 0 unspecified atom stereocenters. The second kappa shape index (κ2) is 16.5. The molecule has 1 heteroatoms. The Balaban J connectivity index is 1.45. The average Bonchev–Trinajstić information content (AvgIpc) is 3.25. The molecule has 0 aliphatic rings. The SMILES string of the molecule is CC(C)(C)c1ccc(-c2ccccc2N(c2ccc(C(C)(C)C)cc2-c2ccccc2)c2ccccc2-c2cccc3cccc(-c4cc(C(C)(C)C)cc(C(C)(C)C)c4)c23)cc1. The first kappa shape index (κ1) is 43.5. The lowest BCUT2D eigenvalue weighted by Crippen LogP contribution is -2.16. The molecule has 0 fully saturated rings. The van der Waals surface area contributed by atoms with Crippen LogP contribution in [-0.2, 0) is 21.7 Å². The predicted octanol–water partition coefficient (Wildman–Crippen LogP) is 18.2. The van der Waals surface area contributed by atoms with Gasteiger partial charge < -0.3 is 4.90 Å². The van der Waals surface area contributed by atoms with Gasteiger partial charge in [-0.3, -0.25) is 0 Å². The molecule has 8 rings (SSSR count). The Labute approximate surface area is 378 Å². The van der Waals surface area contributed by atoms with E-state index < -0.39 is 0 Å². The number of anilines is 3. The van der Waals surface area contributed by atoms with E-state index in [0.29, 0.717) is 0 Å². The molecule has 0 saturated heterocycles. The minimum absolute atomic E-state index is 0.00399. The van der Waals surface area contributed by atoms with Crippen LogP contribution in [0.2, 0.25) is 0 Å². The zero-order valence-electron chi connectivity index (χ0n) is 39.7. The Kier molecular flexibility index (Phi) is 11.4. The Morgan fingerprint density at radius 1 is 0.270 bits per heavy atom. The zero-order valence-corrected chi connectivity index (χ0v) is 39.7. The summed E-state index contributed by atoms with van der Waals surface area (Å²) in [4.78, 5) is 2.54. The fraction of sp³-hybridized carbons (Fsp3) is 0.258. The van der Waals surface area contributed by atoms with E-state index in [-0.39, 0.29) is 21.7 Å². The minimum atomic E-state index is -0.0337. The van der Waals surface area contributed by atoms with E-state index in [1.807, 2.05) is 0 Å². The minimum Gasteiger partial charge on any atom is -0.309 e. The van der Waals surface area contributed by atoms with E-state index in [0.717, 1.165) is 17.1 Å². The third kappa shape index (κ3) is 8.90. The molecule has 0 saturated carbocycles. The normalized spacial score (nSPS) is 12.4. The summed E-state index contributed by atoms with van der Waals surface area (Å²) in [6.45, 7) is 27.7. The number of nitrogens with zero attached hydrogens (tertiary/aromatic N) is 1. The number of hydrogen-bond donors (Lipinski definition) is 0. The lowest BCUT2D eigenvalue weighted by Gasteiger charge is -2.33. The monoisotopic (exact) mass is 824 g/mol. The Morgan fingerprint density at radius 3 is 1.29 bits per heavy atom. The summed E-state index contributed by atoms with van der Waals surface area (Å²) in [5.74, 6) is 0. The lowest BCUT2D eigenvalue weighted by atomic mass is 9.78. The Morgan fingerprint density at radius 2 is 0.714 bits per heavy atom. The molecule has 1 nitrogen and oxygen atoms in total. The molecule has 0 spiro atoms. The van der Waals surface area contributed by atoms with Gasteiger partial charge in [0.1, 0.15) is 0 Å². The van der Waals surface area contributed by atoms with Crippen molar-refractivity contribution in [1.29, 1.82) is 0 Å². The van der Waals surface area contributed by atoms with Gasteiger partial charge in [0, 0.05) is 16.7 Å². The molecule has 0 amide bonds.